The van der Waals surface area contributed by atoms with Crippen molar-refractivity contribution in [1.82, 2.24) is 68.6 Å². The van der Waals surface area contributed by atoms with E-state index in [0.29, 0.717) is 86.4 Å². The number of nitrogens with one attached hydrogen (secondary N) is 11. The number of hydrazine groups is 1. The number of ether oxygens (including phenoxy) is 2. The van der Waals surface area contributed by atoms with Crippen molar-refractivity contribution in [2.45, 2.75) is 213 Å². The zero-order valence-electron chi connectivity index (χ0n) is 69.3. The Morgan fingerprint density at radius 1 is 0.655 bits per heavy atom. The van der Waals surface area contributed by atoms with Gasteiger partial charge in [-0.2, -0.15) is 0 Å². The number of nitrogens with zero attached hydrogens (tertiary/aromatic N) is 4. The first-order valence-corrected chi connectivity index (χ1v) is 43.9. The first-order chi connectivity index (χ1) is 56.8. The van der Waals surface area contributed by atoms with Crippen LogP contribution in [-0.4, -0.2) is 222 Å². The van der Waals surface area contributed by atoms with Crippen molar-refractivity contribution in [3.05, 3.63) is 81.3 Å². The molecule has 1 saturated heterocycles. The summed E-state index contributed by atoms with van der Waals surface area (Å²) < 4.78 is 11.1. The lowest BCUT2D eigenvalue weighted by Gasteiger charge is -2.36. The Balaban J connectivity index is 1.25. The van der Waals surface area contributed by atoms with Crippen LogP contribution in [0.3, 0.4) is 0 Å². The number of piperidine rings is 1. The Morgan fingerprint density at radius 2 is 1.29 bits per heavy atom. The summed E-state index contributed by atoms with van der Waals surface area (Å²) in [5.74, 6) is -7.66. The number of aliphatic carboxylic acids is 2. The number of nitrogens with two attached hydrogens (primary N) is 4. The number of carbonyl (C=O) groups excluding carboxylic acids is 11. The molecular formula is C79H125N19O18S3. The Hall–Kier alpha value is -10.2. The number of likely N-dealkylation sites (N-methyl/N-ethyl adjacent to an activating group) is 1. The van der Waals surface area contributed by atoms with Gasteiger partial charge in [0, 0.05) is 81.0 Å². The molecule has 0 bridgehead atoms. The van der Waals surface area contributed by atoms with Crippen molar-refractivity contribution in [2.75, 3.05) is 71.0 Å². The number of unbranched alkanes of at least 4 members (excludes halogenated alkanes) is 2. The number of hydrogen-bond acceptors (Lipinski definition) is 23. The molecule has 10 atom stereocenters. The second-order valence-corrected chi connectivity index (χ2v) is 33.4. The lowest BCUT2D eigenvalue weighted by molar-refractivity contribution is -0.149. The van der Waals surface area contributed by atoms with Crippen molar-refractivity contribution < 1.29 is 87.1 Å². The van der Waals surface area contributed by atoms with Gasteiger partial charge in [0.25, 0.3) is 5.91 Å². The number of guanidine groups is 2. The maximum Gasteiger partial charge on any atom is 0.426 e. The van der Waals surface area contributed by atoms with Crippen LogP contribution in [0.5, 0.6) is 5.75 Å². The third-order valence-corrected chi connectivity index (χ3v) is 23.0. The minimum Gasteiger partial charge on any atom is -0.508 e. The summed E-state index contributed by atoms with van der Waals surface area (Å²) in [5, 5.41) is 55.2. The maximum absolute atomic E-state index is 14.9. The molecule has 1 aliphatic rings. The Bertz CT molecular complexity index is 3780. The van der Waals surface area contributed by atoms with Crippen LogP contribution >= 0.6 is 32.9 Å². The van der Waals surface area contributed by atoms with E-state index in [1.807, 2.05) is 46.6 Å². The number of carboxylic acids is 2. The van der Waals surface area contributed by atoms with Crippen molar-refractivity contribution in [3.8, 4) is 5.75 Å². The van der Waals surface area contributed by atoms with Gasteiger partial charge in [-0.1, -0.05) is 112 Å². The van der Waals surface area contributed by atoms with Gasteiger partial charge < -0.3 is 95.6 Å². The summed E-state index contributed by atoms with van der Waals surface area (Å²) >= 11 is 1.29. The van der Waals surface area contributed by atoms with E-state index in [1.165, 1.54) is 45.1 Å². The molecule has 2 aromatic carbocycles. The summed E-state index contributed by atoms with van der Waals surface area (Å²) in [5.41, 5.74) is 29.0. The molecule has 0 aliphatic carbocycles. The number of thiazole rings is 1. The number of carbonyl (C=O) groups is 13. The van der Waals surface area contributed by atoms with Crippen LogP contribution in [0.15, 0.2) is 63.9 Å². The van der Waals surface area contributed by atoms with Gasteiger partial charge in [-0.25, -0.2) is 29.6 Å². The van der Waals surface area contributed by atoms with Gasteiger partial charge in [0.2, 0.25) is 29.5 Å². The fraction of sp³-hybridized carbons (Fsp3) is 0.620. The van der Waals surface area contributed by atoms with E-state index in [2.05, 4.69) is 68.7 Å². The minimum atomic E-state index is -1.35. The molecule has 2 unspecified atom stereocenters. The second kappa shape index (κ2) is 56.3. The molecule has 1 aliphatic heterocycles. The van der Waals surface area contributed by atoms with Gasteiger partial charge in [0.05, 0.1) is 29.4 Å². The van der Waals surface area contributed by atoms with Crippen LogP contribution in [0.2, 0.25) is 0 Å². The normalized spacial score (nSPS) is 14.8. The average molecular weight is 1730 g/mol. The van der Waals surface area contributed by atoms with Gasteiger partial charge in [0.15, 0.2) is 17.7 Å². The number of urea groups is 2. The minimum absolute atomic E-state index is 0.0431. The number of phenolic OH excluding ortho intramolecular Hbond substituents is 1. The fourth-order valence-corrected chi connectivity index (χ4v) is 15.5. The SMILES string of the molecule is CCCC(=O)OCC(C(=O)[C@@H](NC(=O)[C@H]1CCCCN1C)C(C)CC)[C@H](CCc1nc(C(=O)N[C@@H](Cc2ccc(O)cc2)C[C@H](C)C(=O)NNC(=O)OCCSSCCNC(=O)[C@H](CCCN=C(N)N)NC(=O)[C@H](CCCN=C(N)N)NC(=O)Cc2ccc(CNC(=O)NCCCCCNC(=O)N[C@@H](CCC(=O)O)C(=O)O)cc2)cs1)C(C)C. The van der Waals surface area contributed by atoms with E-state index in [-0.39, 0.29) is 156 Å². The number of likely N-dealkylation sites (tertiary alicyclic amines) is 1. The molecule has 0 spiro atoms. The van der Waals surface area contributed by atoms with Crippen LogP contribution in [0.4, 0.5) is 14.4 Å². The molecule has 4 rings (SSSR count). The number of aryl methyl sites for hydroxylation is 1. The number of hydrogen-bond donors (Lipinski definition) is 18. The molecule has 662 valence electrons. The lowest BCUT2D eigenvalue weighted by Crippen LogP contribution is -2.55. The van der Waals surface area contributed by atoms with Crippen LogP contribution < -0.4 is 81.6 Å². The van der Waals surface area contributed by atoms with Crippen LogP contribution in [-0.2, 0) is 78.4 Å². The number of carboxylic acid groups (broad SMARTS) is 2. The zero-order chi connectivity index (χ0) is 87.8. The maximum atomic E-state index is 14.9. The van der Waals surface area contributed by atoms with Gasteiger partial charge in [-0.05, 0) is 156 Å². The Morgan fingerprint density at radius 3 is 1.92 bits per heavy atom. The summed E-state index contributed by atoms with van der Waals surface area (Å²) in [6.45, 7) is 13.2. The number of amides is 11. The molecule has 1 aromatic heterocycles. The number of esters is 1. The van der Waals surface area contributed by atoms with E-state index in [4.69, 9.17) is 42.5 Å². The van der Waals surface area contributed by atoms with E-state index in [0.717, 1.165) is 30.5 Å². The highest BCUT2D eigenvalue weighted by Gasteiger charge is 2.40. The van der Waals surface area contributed by atoms with Gasteiger partial charge in [0.1, 0.15) is 42.8 Å². The van der Waals surface area contributed by atoms with Gasteiger partial charge >= 0.3 is 36.1 Å². The molecule has 0 saturated carbocycles. The molecule has 1 fully saturated rings. The van der Waals surface area contributed by atoms with E-state index < -0.39 is 114 Å². The standard InChI is InChI=1S/C79H125N19O18S3/c1-8-17-66(103)116-46-57(68(104)67(49(5)9-2)95-73(109)62-20-11-14-38-98(62)7)56(48(3)4)29-31-64-92-61(47-117-64)72(108)90-54(43-51-25-27-55(99)28-26-51)42-50(6)69(105)96-97-79(114)115-39-41-119-118-40-37-84-70(106)58(18-15-35-85-75(80)81)93-71(107)59(19-16-36-86-76(82)83)91-63(100)44-52-21-23-53(24-22-52)45-89-77(112)87-33-12-10-13-34-88-78(113)94-60(74(110)111)30-32-65(101)102/h21-28,47-50,54,56-60,62,67,99H,8-20,29-46H2,1-7H3,(H,84,106)(H,90,108)(H,91,100)(H,93,107)(H,95,109)(H,96,105)(H,97,114)(H,101,102)(H,110,111)(H4,80,81,85)(H4,82,83,86)(H2,87,89,112)(H2,88,94,113)/t49?,50-,54+,56+,57?,58-,59-,60-,62+,67-/m0/s1. The number of rotatable bonds is 56. The topological polar surface area (TPSA) is 578 Å². The molecule has 2 heterocycles. The van der Waals surface area contributed by atoms with Crippen molar-refractivity contribution in [3.63, 3.8) is 0 Å². The number of phenols is 1. The van der Waals surface area contributed by atoms with E-state index in [9.17, 15) is 72.5 Å². The number of Topliss-reactive ketones (excluding diaryl/α,β-unsaturated/α-hetero) is 1. The summed E-state index contributed by atoms with van der Waals surface area (Å²) in [6.07, 6.45) is 6.02. The molecule has 0 radical (unpaired) electrons. The Labute approximate surface area is 707 Å². The molecule has 3 aromatic rings. The summed E-state index contributed by atoms with van der Waals surface area (Å²) in [6, 6.07) is 6.81. The van der Waals surface area contributed by atoms with E-state index in [1.54, 1.807) is 48.7 Å². The molecule has 22 N–H and O–H groups in total. The Kier molecular flexibility index (Phi) is 47.8. The van der Waals surface area contributed by atoms with Gasteiger partial charge in [-0.3, -0.25) is 63.5 Å². The largest absolute Gasteiger partial charge is 0.508 e. The second-order valence-electron chi connectivity index (χ2n) is 29.7. The highest BCUT2D eigenvalue weighted by Crippen LogP contribution is 2.32. The van der Waals surface area contributed by atoms with E-state index >= 15 is 0 Å². The van der Waals surface area contributed by atoms with Crippen LogP contribution in [0.1, 0.15) is 183 Å². The average Bonchev–Trinajstić information content (AvgIpc) is 1.40. The van der Waals surface area contributed by atoms with Gasteiger partial charge in [-0.15, -0.1) is 11.3 Å². The zero-order valence-corrected chi connectivity index (χ0v) is 71.7. The third kappa shape index (κ3) is 41.3. The number of aliphatic imine (C=N–C) groups is 2. The third-order valence-electron chi connectivity index (χ3n) is 19.8. The number of benzene rings is 2. The number of aromatic nitrogens is 1. The highest BCUT2D eigenvalue weighted by atomic mass is 33.1. The predicted octanol–water partition coefficient (Wildman–Crippen LogP) is 4.13. The molecule has 11 amide bonds. The molecule has 119 heavy (non-hydrogen) atoms. The summed E-state index contributed by atoms with van der Waals surface area (Å²) in [4.78, 5) is 185. The number of aromatic hydroxyl groups is 1. The smallest absolute Gasteiger partial charge is 0.426 e. The van der Waals surface area contributed by atoms with Crippen molar-refractivity contribution in [1.29, 1.82) is 0 Å². The fourth-order valence-electron chi connectivity index (χ4n) is 12.9. The molecular weight excluding hydrogens is 1600 g/mol. The van der Waals surface area contributed by atoms with Crippen LogP contribution in [0, 0.1) is 29.6 Å². The first-order valence-electron chi connectivity index (χ1n) is 40.5. The predicted molar refractivity (Wildman–Crippen MR) is 455 cm³/mol. The number of ketones is 1. The van der Waals surface area contributed by atoms with Crippen molar-refractivity contribution in [2.24, 2.45) is 62.5 Å². The quantitative estimate of drug-likeness (QED) is 0.00943. The van der Waals surface area contributed by atoms with Crippen LogP contribution in [0.25, 0.3) is 0 Å². The molecule has 40 heteroatoms. The molecule has 37 nitrogen and oxygen atoms in total. The van der Waals surface area contributed by atoms with Crippen molar-refractivity contribution >= 4 is 122 Å². The highest BCUT2D eigenvalue weighted by molar-refractivity contribution is 8.76. The first kappa shape index (κ1) is 101. The lowest BCUT2D eigenvalue weighted by atomic mass is 9.75. The monoisotopic (exact) mass is 1720 g/mol. The summed E-state index contributed by atoms with van der Waals surface area (Å²) in [7, 11) is 4.63.